The second kappa shape index (κ2) is 5.73. The van der Waals surface area contributed by atoms with E-state index < -0.39 is 11.4 Å². The molecule has 0 aromatic heterocycles. The molecule has 0 saturated heterocycles. The minimum Gasteiger partial charge on any atom is -0.271 e. The van der Waals surface area contributed by atoms with E-state index in [4.69, 9.17) is 17.4 Å². The van der Waals surface area contributed by atoms with Crippen LogP contribution in [0.3, 0.4) is 0 Å². The summed E-state index contributed by atoms with van der Waals surface area (Å²) in [5.41, 5.74) is 2.05. The zero-order chi connectivity index (χ0) is 10.5. The Labute approximate surface area is 82.8 Å². The van der Waals surface area contributed by atoms with Crippen LogP contribution in [-0.2, 0) is 0 Å². The van der Waals surface area contributed by atoms with E-state index in [1.807, 2.05) is 19.3 Å². The first kappa shape index (κ1) is 13.1. The van der Waals surface area contributed by atoms with Gasteiger partial charge in [-0.2, -0.15) is 8.78 Å². The van der Waals surface area contributed by atoms with Crippen LogP contribution < -0.4 is 11.3 Å². The molecule has 0 fully saturated rings. The Morgan fingerprint density at radius 2 is 2.08 bits per heavy atom. The van der Waals surface area contributed by atoms with Gasteiger partial charge in [0.05, 0.1) is 6.04 Å². The zero-order valence-corrected chi connectivity index (χ0v) is 8.74. The summed E-state index contributed by atoms with van der Waals surface area (Å²) in [6.45, 7) is 3.93. The lowest BCUT2D eigenvalue weighted by Gasteiger charge is -2.23. The van der Waals surface area contributed by atoms with Crippen LogP contribution in [0.5, 0.6) is 0 Å². The maximum Gasteiger partial charge on any atom is 0.338 e. The van der Waals surface area contributed by atoms with Gasteiger partial charge in [0.25, 0.3) is 0 Å². The number of rotatable bonds is 6. The van der Waals surface area contributed by atoms with Gasteiger partial charge in [-0.25, -0.2) is 5.43 Å². The normalized spacial score (nSPS) is 17.1. The first-order valence-corrected chi connectivity index (χ1v) is 4.82. The third kappa shape index (κ3) is 5.39. The van der Waals surface area contributed by atoms with Crippen molar-refractivity contribution in [2.45, 2.75) is 44.5 Å². The Hall–Kier alpha value is 0.0700. The van der Waals surface area contributed by atoms with Gasteiger partial charge in [-0.15, -0.1) is 0 Å². The molecule has 80 valence electrons. The quantitative estimate of drug-likeness (QED) is 0.405. The minimum absolute atomic E-state index is 0.204. The lowest BCUT2D eigenvalue weighted by molar-refractivity contribution is 0.0401. The van der Waals surface area contributed by atoms with Crippen molar-refractivity contribution in [3.8, 4) is 0 Å². The van der Waals surface area contributed by atoms with Crippen molar-refractivity contribution in [1.82, 2.24) is 5.43 Å². The Bertz CT molecular complexity index is 139. The standard InChI is InChI=1S/C8H17ClF2N2/c1-3-4-6(2)5-7(13-12)8(9,10)11/h6-7,13H,3-5,12H2,1-2H3. The van der Waals surface area contributed by atoms with Crippen molar-refractivity contribution in [2.24, 2.45) is 11.8 Å². The van der Waals surface area contributed by atoms with E-state index in [2.05, 4.69) is 0 Å². The highest BCUT2D eigenvalue weighted by atomic mass is 35.5. The van der Waals surface area contributed by atoms with Crippen LogP contribution in [0.25, 0.3) is 0 Å². The van der Waals surface area contributed by atoms with Crippen molar-refractivity contribution in [1.29, 1.82) is 0 Å². The third-order valence-electron chi connectivity index (χ3n) is 2.02. The average Bonchev–Trinajstić information content (AvgIpc) is 1.98. The van der Waals surface area contributed by atoms with Crippen LogP contribution in [-0.4, -0.2) is 11.4 Å². The number of hydrogen-bond acceptors (Lipinski definition) is 2. The van der Waals surface area contributed by atoms with Gasteiger partial charge >= 0.3 is 5.38 Å². The summed E-state index contributed by atoms with van der Waals surface area (Å²) >= 11 is 4.87. The molecule has 13 heavy (non-hydrogen) atoms. The fourth-order valence-electron chi connectivity index (χ4n) is 1.31. The van der Waals surface area contributed by atoms with Crippen LogP contribution in [0.2, 0.25) is 0 Å². The number of halogens is 3. The van der Waals surface area contributed by atoms with Crippen LogP contribution in [0.1, 0.15) is 33.1 Å². The van der Waals surface area contributed by atoms with Gasteiger partial charge in [-0.05, 0) is 23.9 Å². The van der Waals surface area contributed by atoms with Gasteiger partial charge in [0.1, 0.15) is 0 Å². The van der Waals surface area contributed by atoms with Gasteiger partial charge in [-0.1, -0.05) is 26.7 Å². The molecule has 0 aromatic carbocycles. The Morgan fingerprint density at radius 3 is 2.38 bits per heavy atom. The second-order valence-corrected chi connectivity index (χ2v) is 3.89. The highest BCUT2D eigenvalue weighted by Gasteiger charge is 2.36. The SMILES string of the molecule is CCCC(C)CC(NN)C(F)(F)Cl. The molecule has 2 atom stereocenters. The summed E-state index contributed by atoms with van der Waals surface area (Å²) in [5.74, 6) is 5.19. The summed E-state index contributed by atoms with van der Waals surface area (Å²) in [7, 11) is 0. The smallest absolute Gasteiger partial charge is 0.271 e. The molecule has 0 saturated carbocycles. The predicted molar refractivity (Wildman–Crippen MR) is 50.6 cm³/mol. The first-order chi connectivity index (χ1) is 5.91. The molecule has 3 N–H and O–H groups in total. The van der Waals surface area contributed by atoms with E-state index in [0.29, 0.717) is 6.42 Å². The molecule has 0 spiro atoms. The molecule has 0 aliphatic carbocycles. The maximum absolute atomic E-state index is 12.6. The Kier molecular flexibility index (Phi) is 5.76. The van der Waals surface area contributed by atoms with Crippen LogP contribution >= 0.6 is 11.6 Å². The van der Waals surface area contributed by atoms with Crippen molar-refractivity contribution in [3.63, 3.8) is 0 Å². The topological polar surface area (TPSA) is 38.0 Å². The van der Waals surface area contributed by atoms with E-state index in [0.717, 1.165) is 12.8 Å². The summed E-state index contributed by atoms with van der Waals surface area (Å²) < 4.78 is 25.2. The van der Waals surface area contributed by atoms with Crippen molar-refractivity contribution in [2.75, 3.05) is 0 Å². The molecule has 0 aliphatic rings. The Balaban J connectivity index is 3.98. The lowest BCUT2D eigenvalue weighted by Crippen LogP contribution is -2.46. The van der Waals surface area contributed by atoms with Gasteiger partial charge in [0.2, 0.25) is 0 Å². The van der Waals surface area contributed by atoms with Crippen LogP contribution in [0, 0.1) is 5.92 Å². The summed E-state index contributed by atoms with van der Waals surface area (Å²) in [6.07, 6.45) is 2.18. The van der Waals surface area contributed by atoms with Gasteiger partial charge in [0.15, 0.2) is 0 Å². The van der Waals surface area contributed by atoms with Crippen molar-refractivity contribution >= 4 is 11.6 Å². The van der Waals surface area contributed by atoms with Crippen molar-refractivity contribution in [3.05, 3.63) is 0 Å². The molecular formula is C8H17ClF2N2. The molecule has 2 unspecified atom stereocenters. The fraction of sp³-hybridized carbons (Fsp3) is 1.00. The molecule has 0 amide bonds. The fourth-order valence-corrected chi connectivity index (χ4v) is 1.46. The molecule has 0 aliphatic heterocycles. The molecule has 0 radical (unpaired) electrons. The van der Waals surface area contributed by atoms with E-state index in [-0.39, 0.29) is 5.92 Å². The molecule has 0 bridgehead atoms. The van der Waals surface area contributed by atoms with Crippen LogP contribution in [0.4, 0.5) is 8.78 Å². The monoisotopic (exact) mass is 214 g/mol. The molecule has 2 nitrogen and oxygen atoms in total. The highest BCUT2D eigenvalue weighted by Crippen LogP contribution is 2.28. The molecule has 0 heterocycles. The lowest BCUT2D eigenvalue weighted by atomic mass is 9.98. The largest absolute Gasteiger partial charge is 0.338 e. The highest BCUT2D eigenvalue weighted by molar-refractivity contribution is 6.22. The number of nitrogens with one attached hydrogen (secondary N) is 1. The number of nitrogens with two attached hydrogens (primary N) is 1. The number of hydrazine groups is 1. The minimum atomic E-state index is -3.27. The third-order valence-corrected chi connectivity index (χ3v) is 2.28. The van der Waals surface area contributed by atoms with Gasteiger partial charge in [-0.3, -0.25) is 5.84 Å². The summed E-state index contributed by atoms with van der Waals surface area (Å²) in [4.78, 5) is 0. The molecular weight excluding hydrogens is 198 g/mol. The van der Waals surface area contributed by atoms with E-state index in [1.54, 1.807) is 0 Å². The first-order valence-electron chi connectivity index (χ1n) is 4.44. The summed E-state index contributed by atoms with van der Waals surface area (Å²) in [5, 5.41) is -3.27. The van der Waals surface area contributed by atoms with E-state index in [1.165, 1.54) is 0 Å². The van der Waals surface area contributed by atoms with Crippen LogP contribution in [0.15, 0.2) is 0 Å². The molecule has 0 aromatic rings. The van der Waals surface area contributed by atoms with E-state index >= 15 is 0 Å². The Morgan fingerprint density at radius 1 is 1.54 bits per heavy atom. The molecule has 5 heteroatoms. The van der Waals surface area contributed by atoms with Crippen molar-refractivity contribution < 1.29 is 8.78 Å². The second-order valence-electron chi connectivity index (χ2n) is 3.39. The number of hydrogen-bond donors (Lipinski definition) is 2. The number of alkyl halides is 3. The van der Waals surface area contributed by atoms with E-state index in [9.17, 15) is 8.78 Å². The molecule has 0 rings (SSSR count). The maximum atomic E-state index is 12.6. The van der Waals surface area contributed by atoms with Gasteiger partial charge in [0, 0.05) is 0 Å². The summed E-state index contributed by atoms with van der Waals surface area (Å²) in [6, 6.07) is -1.14. The van der Waals surface area contributed by atoms with Gasteiger partial charge < -0.3 is 0 Å². The zero-order valence-electron chi connectivity index (χ0n) is 7.99. The average molecular weight is 215 g/mol. The predicted octanol–water partition coefficient (Wildman–Crippen LogP) is 2.48.